The number of para-hydroxylation sites is 4. The molecular formula is C49H37NO2. The Bertz CT molecular complexity index is 2750. The molecule has 0 radical (unpaired) electrons. The van der Waals surface area contributed by atoms with Crippen LogP contribution in [-0.4, -0.2) is 5.54 Å². The highest BCUT2D eigenvalue weighted by Crippen LogP contribution is 2.45. The van der Waals surface area contributed by atoms with Gasteiger partial charge in [-0.05, 0) is 72.9 Å². The van der Waals surface area contributed by atoms with Gasteiger partial charge in [-0.3, -0.25) is 0 Å². The molecule has 52 heavy (non-hydrogen) atoms. The number of hydrogen-bond donors (Lipinski definition) is 0. The summed E-state index contributed by atoms with van der Waals surface area (Å²) in [7, 11) is 0. The van der Waals surface area contributed by atoms with E-state index in [4.69, 9.17) is 8.83 Å². The molecule has 0 fully saturated rings. The van der Waals surface area contributed by atoms with E-state index in [-0.39, 0.29) is 11.5 Å². The van der Waals surface area contributed by atoms with Crippen molar-refractivity contribution in [3.63, 3.8) is 0 Å². The van der Waals surface area contributed by atoms with Crippen LogP contribution in [0.15, 0.2) is 185 Å². The molecule has 0 saturated carbocycles. The normalized spacial score (nSPS) is 17.4. The molecule has 0 bridgehead atoms. The van der Waals surface area contributed by atoms with Gasteiger partial charge in [0, 0.05) is 50.0 Å². The highest BCUT2D eigenvalue weighted by Gasteiger charge is 2.35. The summed E-state index contributed by atoms with van der Waals surface area (Å²) >= 11 is 0. The Labute approximate surface area is 303 Å². The fourth-order valence-electron chi connectivity index (χ4n) is 8.39. The van der Waals surface area contributed by atoms with Gasteiger partial charge >= 0.3 is 0 Å². The van der Waals surface area contributed by atoms with Gasteiger partial charge in [-0.1, -0.05) is 140 Å². The summed E-state index contributed by atoms with van der Waals surface area (Å²) in [6.45, 7) is 2.37. The van der Waals surface area contributed by atoms with Gasteiger partial charge in [-0.2, -0.15) is 0 Å². The van der Waals surface area contributed by atoms with Crippen LogP contribution in [0.5, 0.6) is 0 Å². The summed E-state index contributed by atoms with van der Waals surface area (Å²) in [5.74, 6) is 0.270. The first-order chi connectivity index (χ1) is 25.6. The first-order valence-corrected chi connectivity index (χ1v) is 18.2. The zero-order valence-electron chi connectivity index (χ0n) is 29.0. The van der Waals surface area contributed by atoms with Gasteiger partial charge in [0.1, 0.15) is 22.3 Å². The molecule has 2 unspecified atom stereocenters. The lowest BCUT2D eigenvalue weighted by molar-refractivity contribution is 0.460. The van der Waals surface area contributed by atoms with E-state index in [2.05, 4.69) is 170 Å². The first-order valence-electron chi connectivity index (χ1n) is 18.2. The van der Waals surface area contributed by atoms with E-state index in [9.17, 15) is 0 Å². The lowest BCUT2D eigenvalue weighted by atomic mass is 9.79. The largest absolute Gasteiger partial charge is 0.456 e. The van der Waals surface area contributed by atoms with Crippen LogP contribution in [0.25, 0.3) is 66.1 Å². The minimum atomic E-state index is -0.257. The molecule has 250 valence electrons. The van der Waals surface area contributed by atoms with Crippen LogP contribution in [-0.2, 0) is 0 Å². The van der Waals surface area contributed by atoms with Crippen molar-refractivity contribution in [1.29, 1.82) is 0 Å². The van der Waals surface area contributed by atoms with Crippen LogP contribution in [0.4, 0.5) is 11.4 Å². The van der Waals surface area contributed by atoms with Crippen molar-refractivity contribution in [2.24, 2.45) is 0 Å². The van der Waals surface area contributed by atoms with Gasteiger partial charge in [-0.15, -0.1) is 0 Å². The van der Waals surface area contributed by atoms with Crippen LogP contribution in [0.2, 0.25) is 0 Å². The van der Waals surface area contributed by atoms with Gasteiger partial charge < -0.3 is 13.7 Å². The zero-order valence-corrected chi connectivity index (χ0v) is 29.0. The number of fused-ring (bicyclic) bond motifs is 6. The minimum absolute atomic E-state index is 0.257. The smallest absolute Gasteiger partial charge is 0.143 e. The molecular weight excluding hydrogens is 635 g/mol. The topological polar surface area (TPSA) is 29.5 Å². The molecule has 3 nitrogen and oxygen atoms in total. The maximum atomic E-state index is 6.46. The van der Waals surface area contributed by atoms with Crippen molar-refractivity contribution in [2.45, 2.75) is 31.2 Å². The fourth-order valence-corrected chi connectivity index (χ4v) is 8.39. The molecule has 2 atom stereocenters. The number of nitrogens with zero attached hydrogens (tertiary/aromatic N) is 1. The summed E-state index contributed by atoms with van der Waals surface area (Å²) in [5.41, 5.74) is 11.8. The van der Waals surface area contributed by atoms with E-state index in [1.165, 1.54) is 27.5 Å². The minimum Gasteiger partial charge on any atom is -0.456 e. The van der Waals surface area contributed by atoms with Crippen LogP contribution in [0.1, 0.15) is 31.2 Å². The SMILES string of the molecule is CC1(N(c2ccc(-c3ccccc3)cc2)c2ccc(-c3cccc4c3oc3ccccc34)cc2)C=CC(c2cccc3c2oc2ccccc23)CC1. The molecule has 0 spiro atoms. The van der Waals surface area contributed by atoms with E-state index in [0.717, 1.165) is 68.4 Å². The number of allylic oxidation sites excluding steroid dienone is 1. The number of hydrogen-bond acceptors (Lipinski definition) is 3. The van der Waals surface area contributed by atoms with Crippen molar-refractivity contribution in [3.8, 4) is 22.3 Å². The lowest BCUT2D eigenvalue weighted by Crippen LogP contribution is -2.43. The van der Waals surface area contributed by atoms with Crippen LogP contribution in [0.3, 0.4) is 0 Å². The second kappa shape index (κ2) is 12.2. The third-order valence-electron chi connectivity index (χ3n) is 11.1. The van der Waals surface area contributed by atoms with E-state index in [0.29, 0.717) is 0 Å². The second-order valence-corrected chi connectivity index (χ2v) is 14.3. The van der Waals surface area contributed by atoms with Crippen LogP contribution < -0.4 is 4.90 Å². The summed E-state index contributed by atoms with van der Waals surface area (Å²) in [6.07, 6.45) is 6.82. The number of benzene rings is 7. The number of rotatable bonds is 6. The number of furan rings is 2. The summed E-state index contributed by atoms with van der Waals surface area (Å²) in [4.78, 5) is 2.52. The third kappa shape index (κ3) is 5.04. The maximum Gasteiger partial charge on any atom is 0.143 e. The molecule has 3 heteroatoms. The Kier molecular flexibility index (Phi) is 7.14. The average molecular weight is 672 g/mol. The van der Waals surface area contributed by atoms with Gasteiger partial charge in [0.25, 0.3) is 0 Å². The molecule has 10 rings (SSSR count). The molecule has 0 N–H and O–H groups in total. The van der Waals surface area contributed by atoms with Crippen molar-refractivity contribution >= 4 is 55.3 Å². The Morgan fingerprint density at radius 2 is 1.04 bits per heavy atom. The van der Waals surface area contributed by atoms with Crippen molar-refractivity contribution in [2.75, 3.05) is 4.90 Å². The third-order valence-corrected chi connectivity index (χ3v) is 11.1. The predicted molar refractivity (Wildman–Crippen MR) is 216 cm³/mol. The standard InChI is InChI=1S/C49H37NO2/c1-49(31-29-36(30-32-49)40-16-10-18-44-42-14-6-8-20-46(42)52-48(40)44)50(37-25-21-34(22-26-37)33-11-3-2-4-12-33)38-27-23-35(24-28-38)39-15-9-17-43-41-13-5-7-19-45(41)51-47(39)43/h2-29,31,36H,30,32H2,1H3. The van der Waals surface area contributed by atoms with Gasteiger partial charge in [0.05, 0.1) is 5.54 Å². The highest BCUT2D eigenvalue weighted by molar-refractivity contribution is 6.09. The predicted octanol–water partition coefficient (Wildman–Crippen LogP) is 13.8. The van der Waals surface area contributed by atoms with E-state index in [1.54, 1.807) is 0 Å². The average Bonchev–Trinajstić information content (AvgIpc) is 3.78. The van der Waals surface area contributed by atoms with E-state index in [1.807, 2.05) is 18.2 Å². The lowest BCUT2D eigenvalue weighted by Gasteiger charge is -2.44. The zero-order chi connectivity index (χ0) is 34.6. The molecule has 0 saturated heterocycles. The molecule has 2 heterocycles. The Hall–Kier alpha value is -6.32. The molecule has 9 aromatic rings. The van der Waals surface area contributed by atoms with Crippen molar-refractivity contribution < 1.29 is 8.83 Å². The Morgan fingerprint density at radius 3 is 1.69 bits per heavy atom. The molecule has 0 amide bonds. The maximum absolute atomic E-state index is 6.46. The van der Waals surface area contributed by atoms with Crippen molar-refractivity contribution in [3.05, 3.63) is 182 Å². The Balaban J connectivity index is 1.04. The van der Waals surface area contributed by atoms with Crippen LogP contribution in [0, 0.1) is 0 Å². The summed E-state index contributed by atoms with van der Waals surface area (Å²) in [5, 5.41) is 4.65. The highest BCUT2D eigenvalue weighted by atomic mass is 16.3. The molecule has 0 aliphatic heterocycles. The molecule has 7 aromatic carbocycles. The Morgan fingerprint density at radius 1 is 0.500 bits per heavy atom. The van der Waals surface area contributed by atoms with Gasteiger partial charge in [0.15, 0.2) is 0 Å². The summed E-state index contributed by atoms with van der Waals surface area (Å²) in [6, 6.07) is 58.3. The van der Waals surface area contributed by atoms with Gasteiger partial charge in [0.2, 0.25) is 0 Å². The monoisotopic (exact) mass is 671 g/mol. The fraction of sp³-hybridized carbons (Fsp3) is 0.102. The number of anilines is 2. The van der Waals surface area contributed by atoms with E-state index >= 15 is 0 Å². The second-order valence-electron chi connectivity index (χ2n) is 14.3. The summed E-state index contributed by atoms with van der Waals surface area (Å²) < 4.78 is 12.9. The quantitative estimate of drug-likeness (QED) is 0.165. The van der Waals surface area contributed by atoms with Crippen LogP contribution >= 0.6 is 0 Å². The molecule has 2 aromatic heterocycles. The molecule has 1 aliphatic rings. The molecule has 1 aliphatic carbocycles. The van der Waals surface area contributed by atoms with Gasteiger partial charge in [-0.25, -0.2) is 0 Å². The van der Waals surface area contributed by atoms with Crippen molar-refractivity contribution in [1.82, 2.24) is 0 Å². The van der Waals surface area contributed by atoms with E-state index < -0.39 is 0 Å². The first kappa shape index (κ1) is 30.5.